The quantitative estimate of drug-likeness (QED) is 0.725. The van der Waals surface area contributed by atoms with Gasteiger partial charge in [0.05, 0.1) is 0 Å². The van der Waals surface area contributed by atoms with Gasteiger partial charge in [0.15, 0.2) is 0 Å². The van der Waals surface area contributed by atoms with Crippen LogP contribution in [0.1, 0.15) is 38.2 Å². The van der Waals surface area contributed by atoms with Crippen LogP contribution in [0, 0.1) is 5.92 Å². The Hall–Kier alpha value is -0.820. The molecule has 0 bridgehead atoms. The van der Waals surface area contributed by atoms with Gasteiger partial charge in [0.1, 0.15) is 0 Å². The third kappa shape index (κ3) is 4.98. The Morgan fingerprint density at radius 1 is 1.13 bits per heavy atom. The smallest absolute Gasteiger partial charge is 0.00772 e. The Morgan fingerprint density at radius 2 is 1.87 bits per heavy atom. The molecule has 1 nitrogen and oxygen atoms in total. The van der Waals surface area contributed by atoms with Crippen molar-refractivity contribution in [2.45, 2.75) is 39.0 Å². The largest absolute Gasteiger partial charge is 0.330 e. The Kier molecular flexibility index (Phi) is 6.10. The van der Waals surface area contributed by atoms with Crippen LogP contribution in [0.5, 0.6) is 0 Å². The van der Waals surface area contributed by atoms with Crippen molar-refractivity contribution in [2.75, 3.05) is 6.54 Å². The van der Waals surface area contributed by atoms with E-state index in [0.29, 0.717) is 0 Å². The SMILES string of the molecule is CCCC(CCCN)Cc1ccccc1. The molecular formula is C14H23N. The molecule has 15 heavy (non-hydrogen) atoms. The molecular weight excluding hydrogens is 182 g/mol. The lowest BCUT2D eigenvalue weighted by molar-refractivity contribution is 0.432. The van der Waals surface area contributed by atoms with Crippen molar-refractivity contribution in [1.82, 2.24) is 0 Å². The molecule has 0 saturated carbocycles. The summed E-state index contributed by atoms with van der Waals surface area (Å²) in [5, 5.41) is 0. The predicted molar refractivity (Wildman–Crippen MR) is 66.8 cm³/mol. The van der Waals surface area contributed by atoms with Crippen molar-refractivity contribution in [1.29, 1.82) is 0 Å². The van der Waals surface area contributed by atoms with Gasteiger partial charge in [-0.15, -0.1) is 0 Å². The third-order valence-electron chi connectivity index (χ3n) is 2.88. The second kappa shape index (κ2) is 7.47. The fourth-order valence-electron chi connectivity index (χ4n) is 2.11. The average molecular weight is 205 g/mol. The highest BCUT2D eigenvalue weighted by Gasteiger charge is 2.07. The van der Waals surface area contributed by atoms with Crippen LogP contribution >= 0.6 is 0 Å². The maximum atomic E-state index is 5.57. The van der Waals surface area contributed by atoms with Gasteiger partial charge < -0.3 is 5.73 Å². The van der Waals surface area contributed by atoms with Gasteiger partial charge in [0, 0.05) is 0 Å². The van der Waals surface area contributed by atoms with Crippen LogP contribution in [0.2, 0.25) is 0 Å². The first kappa shape index (κ1) is 12.3. The van der Waals surface area contributed by atoms with E-state index >= 15 is 0 Å². The molecule has 0 fully saturated rings. The van der Waals surface area contributed by atoms with E-state index in [1.165, 1.54) is 31.2 Å². The summed E-state index contributed by atoms with van der Waals surface area (Å²) in [5.74, 6) is 0.820. The van der Waals surface area contributed by atoms with Crippen LogP contribution in [0.25, 0.3) is 0 Å². The van der Waals surface area contributed by atoms with Crippen molar-refractivity contribution in [2.24, 2.45) is 11.7 Å². The van der Waals surface area contributed by atoms with Crippen molar-refractivity contribution in [3.05, 3.63) is 35.9 Å². The topological polar surface area (TPSA) is 26.0 Å². The van der Waals surface area contributed by atoms with Gasteiger partial charge in [0.25, 0.3) is 0 Å². The molecule has 1 aromatic carbocycles. The van der Waals surface area contributed by atoms with Gasteiger partial charge in [-0.2, -0.15) is 0 Å². The predicted octanol–water partition coefficient (Wildman–Crippen LogP) is 3.38. The number of rotatable bonds is 7. The van der Waals surface area contributed by atoms with Gasteiger partial charge in [-0.1, -0.05) is 50.1 Å². The molecule has 84 valence electrons. The summed E-state index contributed by atoms with van der Waals surface area (Å²) in [6, 6.07) is 10.8. The fraction of sp³-hybridized carbons (Fsp3) is 0.571. The molecule has 0 aliphatic rings. The van der Waals surface area contributed by atoms with E-state index in [0.717, 1.165) is 18.9 Å². The highest BCUT2D eigenvalue weighted by molar-refractivity contribution is 5.15. The highest BCUT2D eigenvalue weighted by atomic mass is 14.5. The van der Waals surface area contributed by atoms with Crippen LogP contribution in [0.4, 0.5) is 0 Å². The number of benzene rings is 1. The summed E-state index contributed by atoms with van der Waals surface area (Å²) in [6.45, 7) is 3.09. The molecule has 0 aliphatic heterocycles. The van der Waals surface area contributed by atoms with Crippen molar-refractivity contribution >= 4 is 0 Å². The zero-order valence-corrected chi connectivity index (χ0v) is 9.78. The van der Waals surface area contributed by atoms with E-state index in [1.54, 1.807) is 0 Å². The molecule has 0 saturated heterocycles. The minimum absolute atomic E-state index is 0.820. The van der Waals surface area contributed by atoms with Gasteiger partial charge in [0.2, 0.25) is 0 Å². The van der Waals surface area contributed by atoms with Gasteiger partial charge >= 0.3 is 0 Å². The van der Waals surface area contributed by atoms with Crippen LogP contribution in [0.15, 0.2) is 30.3 Å². The Labute approximate surface area is 93.7 Å². The maximum absolute atomic E-state index is 5.57. The number of hydrogen-bond donors (Lipinski definition) is 1. The second-order valence-corrected chi connectivity index (χ2v) is 4.28. The summed E-state index contributed by atoms with van der Waals surface area (Å²) < 4.78 is 0. The number of nitrogens with two attached hydrogens (primary N) is 1. The Balaban J connectivity index is 2.43. The minimum atomic E-state index is 0.820. The van der Waals surface area contributed by atoms with E-state index in [2.05, 4.69) is 37.3 Å². The highest BCUT2D eigenvalue weighted by Crippen LogP contribution is 2.18. The third-order valence-corrected chi connectivity index (χ3v) is 2.88. The van der Waals surface area contributed by atoms with Crippen molar-refractivity contribution in [3.63, 3.8) is 0 Å². The van der Waals surface area contributed by atoms with Crippen molar-refractivity contribution < 1.29 is 0 Å². The number of hydrogen-bond acceptors (Lipinski definition) is 1. The minimum Gasteiger partial charge on any atom is -0.330 e. The normalized spacial score (nSPS) is 12.7. The standard InChI is InChI=1S/C14H23N/c1-2-7-13(10-6-11-15)12-14-8-4-3-5-9-14/h3-5,8-9,13H,2,6-7,10-12,15H2,1H3. The first-order valence-electron chi connectivity index (χ1n) is 6.10. The molecule has 2 N–H and O–H groups in total. The first-order valence-corrected chi connectivity index (χ1v) is 6.10. The molecule has 1 heteroatoms. The van der Waals surface area contributed by atoms with E-state index in [-0.39, 0.29) is 0 Å². The molecule has 1 aromatic rings. The fourth-order valence-corrected chi connectivity index (χ4v) is 2.11. The lowest BCUT2D eigenvalue weighted by Crippen LogP contribution is -2.08. The van der Waals surface area contributed by atoms with E-state index in [1.807, 2.05) is 0 Å². The molecule has 1 rings (SSSR count). The van der Waals surface area contributed by atoms with E-state index in [4.69, 9.17) is 5.73 Å². The van der Waals surface area contributed by atoms with Crippen molar-refractivity contribution in [3.8, 4) is 0 Å². The van der Waals surface area contributed by atoms with Crippen LogP contribution < -0.4 is 5.73 Å². The maximum Gasteiger partial charge on any atom is -0.00772 e. The summed E-state index contributed by atoms with van der Waals surface area (Å²) >= 11 is 0. The van der Waals surface area contributed by atoms with Gasteiger partial charge in [-0.25, -0.2) is 0 Å². The Morgan fingerprint density at radius 3 is 2.47 bits per heavy atom. The molecule has 0 aromatic heterocycles. The summed E-state index contributed by atoms with van der Waals surface area (Å²) in [5.41, 5.74) is 7.03. The van der Waals surface area contributed by atoms with Gasteiger partial charge in [-0.3, -0.25) is 0 Å². The second-order valence-electron chi connectivity index (χ2n) is 4.28. The molecule has 0 heterocycles. The molecule has 0 spiro atoms. The lowest BCUT2D eigenvalue weighted by atomic mass is 9.91. The molecule has 0 amide bonds. The van der Waals surface area contributed by atoms with Crippen LogP contribution in [-0.4, -0.2) is 6.54 Å². The van der Waals surface area contributed by atoms with Crippen LogP contribution in [0.3, 0.4) is 0 Å². The van der Waals surface area contributed by atoms with E-state index in [9.17, 15) is 0 Å². The zero-order chi connectivity index (χ0) is 10.9. The van der Waals surface area contributed by atoms with Gasteiger partial charge in [-0.05, 0) is 37.3 Å². The molecule has 1 atom stereocenters. The lowest BCUT2D eigenvalue weighted by Gasteiger charge is -2.15. The zero-order valence-electron chi connectivity index (χ0n) is 9.78. The van der Waals surface area contributed by atoms with Crippen LogP contribution in [-0.2, 0) is 6.42 Å². The molecule has 0 aliphatic carbocycles. The summed E-state index contributed by atoms with van der Waals surface area (Å²) in [4.78, 5) is 0. The summed E-state index contributed by atoms with van der Waals surface area (Å²) in [7, 11) is 0. The molecule has 0 radical (unpaired) electrons. The first-order chi connectivity index (χ1) is 7.36. The average Bonchev–Trinajstić information content (AvgIpc) is 2.28. The van der Waals surface area contributed by atoms with E-state index < -0.39 is 0 Å². The molecule has 1 unspecified atom stereocenters. The Bertz CT molecular complexity index is 243. The monoisotopic (exact) mass is 205 g/mol. The summed E-state index contributed by atoms with van der Waals surface area (Å²) in [6.07, 6.45) is 6.27.